The molecule has 0 unspecified atom stereocenters. The number of amides is 2. The van der Waals surface area contributed by atoms with Crippen LogP contribution in [0.1, 0.15) is 28.4 Å². The van der Waals surface area contributed by atoms with Crippen LogP contribution in [-0.2, 0) is 11.2 Å². The number of carbonyl (C=O) groups excluding carboxylic acids is 2. The molecule has 3 aromatic rings. The van der Waals surface area contributed by atoms with Crippen LogP contribution < -0.4 is 15.6 Å². The lowest BCUT2D eigenvalue weighted by Gasteiger charge is -2.11. The zero-order chi connectivity index (χ0) is 20.8. The van der Waals surface area contributed by atoms with E-state index in [0.717, 1.165) is 39.2 Å². The summed E-state index contributed by atoms with van der Waals surface area (Å²) in [5.74, 6) is 0.283. The van der Waals surface area contributed by atoms with E-state index in [1.807, 2.05) is 37.3 Å². The smallest absolute Gasteiger partial charge is 0.269 e. The molecule has 0 bridgehead atoms. The van der Waals surface area contributed by atoms with Crippen LogP contribution in [0, 0.1) is 6.92 Å². The number of hydrogen-bond acceptors (Lipinski definition) is 5. The Bertz CT molecular complexity index is 1040. The number of pyridine rings is 1. The van der Waals surface area contributed by atoms with Crippen LogP contribution in [0.5, 0.6) is 5.75 Å². The summed E-state index contributed by atoms with van der Waals surface area (Å²) in [4.78, 5) is 28.9. The zero-order valence-electron chi connectivity index (χ0n) is 16.6. The average molecular weight is 410 g/mol. The number of ether oxygens (including phenoxy) is 1. The minimum atomic E-state index is -0.352. The molecule has 0 fully saturated rings. The molecule has 3 rings (SSSR count). The molecule has 1 heterocycles. The van der Waals surface area contributed by atoms with Crippen molar-refractivity contribution >= 4 is 34.5 Å². The molecular weight excluding hydrogens is 386 g/mol. The molecule has 7 heteroatoms. The third-order valence-electron chi connectivity index (χ3n) is 4.41. The predicted molar refractivity (Wildman–Crippen MR) is 115 cm³/mol. The van der Waals surface area contributed by atoms with Crippen molar-refractivity contribution in [2.24, 2.45) is 0 Å². The molecule has 150 valence electrons. The Kier molecular flexibility index (Phi) is 6.72. The number of nitrogens with one attached hydrogen (secondary N) is 2. The highest BCUT2D eigenvalue weighted by atomic mass is 32.2. The Hall–Kier alpha value is -3.06. The van der Waals surface area contributed by atoms with E-state index in [9.17, 15) is 9.59 Å². The van der Waals surface area contributed by atoms with Crippen LogP contribution in [0.4, 0.5) is 0 Å². The van der Waals surface area contributed by atoms with Crippen molar-refractivity contribution in [3.63, 3.8) is 0 Å². The molecule has 0 aliphatic heterocycles. The summed E-state index contributed by atoms with van der Waals surface area (Å²) in [6.45, 7) is 4.00. The summed E-state index contributed by atoms with van der Waals surface area (Å²) >= 11 is 1.35. The number of hydrazine groups is 1. The first-order valence-corrected chi connectivity index (χ1v) is 10.2. The van der Waals surface area contributed by atoms with Crippen LogP contribution in [0.2, 0.25) is 0 Å². The monoisotopic (exact) mass is 409 g/mol. The van der Waals surface area contributed by atoms with Crippen LogP contribution in [0.15, 0.2) is 53.6 Å². The Labute approximate surface area is 174 Å². The molecule has 0 atom stereocenters. The van der Waals surface area contributed by atoms with Gasteiger partial charge in [0.25, 0.3) is 5.91 Å². The lowest BCUT2D eigenvalue weighted by Crippen LogP contribution is -2.42. The van der Waals surface area contributed by atoms with Crippen molar-refractivity contribution in [2.45, 2.75) is 25.3 Å². The van der Waals surface area contributed by atoms with E-state index < -0.39 is 0 Å². The van der Waals surface area contributed by atoms with Gasteiger partial charge >= 0.3 is 0 Å². The van der Waals surface area contributed by atoms with Gasteiger partial charge < -0.3 is 4.74 Å². The second kappa shape index (κ2) is 9.43. The van der Waals surface area contributed by atoms with Gasteiger partial charge in [-0.1, -0.05) is 36.4 Å². The molecule has 1 aromatic heterocycles. The number of fused-ring (bicyclic) bond motifs is 1. The highest BCUT2D eigenvalue weighted by Crippen LogP contribution is 2.27. The summed E-state index contributed by atoms with van der Waals surface area (Å²) in [6.07, 6.45) is 0.800. The maximum absolute atomic E-state index is 12.2. The number of thioether (sulfide) groups is 1. The summed E-state index contributed by atoms with van der Waals surface area (Å²) in [5, 5.41) is 1.81. The molecule has 2 N–H and O–H groups in total. The van der Waals surface area contributed by atoms with Crippen LogP contribution in [0.3, 0.4) is 0 Å². The maximum Gasteiger partial charge on any atom is 0.269 e. The van der Waals surface area contributed by atoms with Crippen molar-refractivity contribution in [1.29, 1.82) is 0 Å². The lowest BCUT2D eigenvalue weighted by molar-refractivity contribution is -0.119. The van der Waals surface area contributed by atoms with Crippen molar-refractivity contribution in [3.8, 4) is 5.75 Å². The number of aromatic nitrogens is 1. The largest absolute Gasteiger partial charge is 0.497 e. The molecule has 0 aliphatic rings. The van der Waals surface area contributed by atoms with Gasteiger partial charge in [0.05, 0.1) is 18.4 Å². The van der Waals surface area contributed by atoms with Crippen molar-refractivity contribution in [2.75, 3.05) is 12.9 Å². The summed E-state index contributed by atoms with van der Waals surface area (Å²) < 4.78 is 5.27. The average Bonchev–Trinajstić information content (AvgIpc) is 2.75. The first kappa shape index (κ1) is 20.7. The summed E-state index contributed by atoms with van der Waals surface area (Å²) in [7, 11) is 1.63. The highest BCUT2D eigenvalue weighted by Gasteiger charge is 2.11. The molecule has 0 saturated carbocycles. The topological polar surface area (TPSA) is 80.3 Å². The first-order chi connectivity index (χ1) is 14.0. The molecule has 0 spiro atoms. The van der Waals surface area contributed by atoms with Gasteiger partial charge in [-0.2, -0.15) is 0 Å². The Morgan fingerprint density at radius 3 is 2.52 bits per heavy atom. The first-order valence-electron chi connectivity index (χ1n) is 9.26. The van der Waals surface area contributed by atoms with Crippen molar-refractivity contribution in [3.05, 3.63) is 65.2 Å². The number of carbonyl (C=O) groups is 2. The van der Waals surface area contributed by atoms with Crippen LogP contribution in [-0.4, -0.2) is 29.7 Å². The Morgan fingerprint density at radius 2 is 1.83 bits per heavy atom. The van der Waals surface area contributed by atoms with Gasteiger partial charge in [-0.05, 0) is 55.3 Å². The van der Waals surface area contributed by atoms with Gasteiger partial charge in [0.15, 0.2) is 0 Å². The lowest BCUT2D eigenvalue weighted by atomic mass is 10.1. The summed E-state index contributed by atoms with van der Waals surface area (Å²) in [6, 6.07) is 14.9. The number of hydrogen-bond donors (Lipinski definition) is 2. The van der Waals surface area contributed by atoms with Crippen molar-refractivity contribution < 1.29 is 14.3 Å². The number of rotatable bonds is 6. The van der Waals surface area contributed by atoms with E-state index in [-0.39, 0.29) is 17.6 Å². The maximum atomic E-state index is 12.2. The van der Waals surface area contributed by atoms with Crippen LogP contribution >= 0.6 is 11.8 Å². The SMILES string of the molecule is CCc1cc2cc(OC)ccc2nc1SCC(=O)NNC(=O)c1ccc(C)cc1. The van der Waals surface area contributed by atoms with E-state index in [1.165, 1.54) is 11.8 Å². The highest BCUT2D eigenvalue weighted by molar-refractivity contribution is 7.99. The van der Waals surface area contributed by atoms with Gasteiger partial charge in [0.1, 0.15) is 10.8 Å². The van der Waals surface area contributed by atoms with Gasteiger partial charge in [-0.15, -0.1) is 0 Å². The molecule has 0 saturated heterocycles. The van der Waals surface area contributed by atoms with E-state index in [0.29, 0.717) is 5.56 Å². The minimum absolute atomic E-state index is 0.149. The quantitative estimate of drug-likeness (QED) is 0.480. The van der Waals surface area contributed by atoms with E-state index >= 15 is 0 Å². The molecular formula is C22H23N3O3S. The second-order valence-electron chi connectivity index (χ2n) is 6.52. The Balaban J connectivity index is 1.61. The van der Waals surface area contributed by atoms with Gasteiger partial charge in [-0.25, -0.2) is 4.98 Å². The number of aryl methyl sites for hydroxylation is 2. The number of benzene rings is 2. The number of nitrogens with zero attached hydrogens (tertiary/aromatic N) is 1. The van der Waals surface area contributed by atoms with E-state index in [4.69, 9.17) is 4.74 Å². The number of methoxy groups -OCH3 is 1. The standard InChI is InChI=1S/C22H23N3O3S/c1-4-15-11-17-12-18(28-3)9-10-19(17)23-22(15)29-13-20(26)24-25-21(27)16-7-5-14(2)6-8-16/h5-12H,4,13H2,1-3H3,(H,24,26)(H,25,27). The minimum Gasteiger partial charge on any atom is -0.497 e. The zero-order valence-corrected chi connectivity index (χ0v) is 17.4. The third kappa shape index (κ3) is 5.26. The second-order valence-corrected chi connectivity index (χ2v) is 7.49. The van der Waals surface area contributed by atoms with Gasteiger partial charge in [0.2, 0.25) is 5.91 Å². The Morgan fingerprint density at radius 1 is 1.07 bits per heavy atom. The molecule has 29 heavy (non-hydrogen) atoms. The predicted octanol–water partition coefficient (Wildman–Crippen LogP) is 3.67. The van der Waals surface area contributed by atoms with Gasteiger partial charge in [0, 0.05) is 10.9 Å². The normalized spacial score (nSPS) is 10.6. The fraction of sp³-hybridized carbons (Fsp3) is 0.227. The summed E-state index contributed by atoms with van der Waals surface area (Å²) in [5.41, 5.74) is 8.35. The molecule has 2 aromatic carbocycles. The molecule has 0 radical (unpaired) electrons. The van der Waals surface area contributed by atoms with Gasteiger partial charge in [-0.3, -0.25) is 20.4 Å². The van der Waals surface area contributed by atoms with Crippen molar-refractivity contribution in [1.82, 2.24) is 15.8 Å². The fourth-order valence-electron chi connectivity index (χ4n) is 2.76. The van der Waals surface area contributed by atoms with E-state index in [2.05, 4.69) is 28.8 Å². The molecule has 0 aliphatic carbocycles. The van der Waals surface area contributed by atoms with E-state index in [1.54, 1.807) is 19.2 Å². The van der Waals surface area contributed by atoms with Crippen LogP contribution in [0.25, 0.3) is 10.9 Å². The third-order valence-corrected chi connectivity index (χ3v) is 5.44. The fourth-order valence-corrected chi connectivity index (χ4v) is 3.65. The molecule has 6 nitrogen and oxygen atoms in total. The molecule has 2 amide bonds.